The zero-order chi connectivity index (χ0) is 17.3. The summed E-state index contributed by atoms with van der Waals surface area (Å²) < 4.78 is 0. The molecule has 0 N–H and O–H groups in total. The minimum Gasteiger partial charge on any atom is -0.339 e. The molecule has 2 aromatic carbocycles. The van der Waals surface area contributed by atoms with Gasteiger partial charge in [0, 0.05) is 32.7 Å². The van der Waals surface area contributed by atoms with Crippen LogP contribution in [0.15, 0.2) is 54.6 Å². The Morgan fingerprint density at radius 3 is 2.16 bits per heavy atom. The molecule has 0 spiro atoms. The van der Waals surface area contributed by atoms with Crippen molar-refractivity contribution in [2.45, 2.75) is 31.7 Å². The van der Waals surface area contributed by atoms with Crippen molar-refractivity contribution < 1.29 is 4.79 Å². The summed E-state index contributed by atoms with van der Waals surface area (Å²) in [6, 6.07) is 19.1. The molecular formula is C22H26N2O. The lowest BCUT2D eigenvalue weighted by Gasteiger charge is -2.36. The molecule has 1 saturated heterocycles. The first-order valence-corrected chi connectivity index (χ1v) is 9.30. The number of amides is 1. The molecule has 1 heterocycles. The van der Waals surface area contributed by atoms with Gasteiger partial charge in [-0.2, -0.15) is 0 Å². The third-order valence-electron chi connectivity index (χ3n) is 5.67. The first kappa shape index (κ1) is 16.3. The Kier molecular flexibility index (Phi) is 4.34. The maximum atomic E-state index is 13.1. The predicted molar refractivity (Wildman–Crippen MR) is 100 cm³/mol. The molecule has 2 fully saturated rings. The molecule has 3 nitrogen and oxygen atoms in total. The molecule has 0 radical (unpaired) electrons. The standard InChI is InChI=1S/C22H26N2O/c1-18-7-9-20(10-8-18)22(11-12-22)21(25)24-15-13-23(14-16-24)17-19-5-3-2-4-6-19/h2-10H,11-17H2,1H3. The van der Waals surface area contributed by atoms with Gasteiger partial charge in [-0.05, 0) is 30.9 Å². The minimum absolute atomic E-state index is 0.227. The summed E-state index contributed by atoms with van der Waals surface area (Å²) >= 11 is 0. The summed E-state index contributed by atoms with van der Waals surface area (Å²) in [6.07, 6.45) is 2.00. The van der Waals surface area contributed by atoms with E-state index in [1.54, 1.807) is 0 Å². The average molecular weight is 334 g/mol. The van der Waals surface area contributed by atoms with Crippen LogP contribution in [0.25, 0.3) is 0 Å². The molecule has 0 aromatic heterocycles. The van der Waals surface area contributed by atoms with Crippen molar-refractivity contribution in [2.75, 3.05) is 26.2 Å². The molecule has 1 saturated carbocycles. The lowest BCUT2D eigenvalue weighted by Crippen LogP contribution is -2.51. The fourth-order valence-corrected chi connectivity index (χ4v) is 3.88. The van der Waals surface area contributed by atoms with Gasteiger partial charge in [-0.3, -0.25) is 9.69 Å². The minimum atomic E-state index is -0.227. The molecular weight excluding hydrogens is 308 g/mol. The fourth-order valence-electron chi connectivity index (χ4n) is 3.88. The van der Waals surface area contributed by atoms with Crippen molar-refractivity contribution in [3.8, 4) is 0 Å². The highest BCUT2D eigenvalue weighted by molar-refractivity contribution is 5.91. The first-order valence-electron chi connectivity index (χ1n) is 9.30. The zero-order valence-electron chi connectivity index (χ0n) is 14.9. The number of aryl methyl sites for hydroxylation is 1. The van der Waals surface area contributed by atoms with E-state index < -0.39 is 0 Å². The van der Waals surface area contributed by atoms with Gasteiger partial charge in [-0.15, -0.1) is 0 Å². The van der Waals surface area contributed by atoms with E-state index in [0.29, 0.717) is 5.91 Å². The Morgan fingerprint density at radius 1 is 0.920 bits per heavy atom. The summed E-state index contributed by atoms with van der Waals surface area (Å²) in [7, 11) is 0. The Hall–Kier alpha value is -2.13. The Labute approximate surface area is 150 Å². The van der Waals surface area contributed by atoms with Crippen LogP contribution in [0.4, 0.5) is 0 Å². The quantitative estimate of drug-likeness (QED) is 0.856. The number of carbonyl (C=O) groups excluding carboxylic acids is 1. The van der Waals surface area contributed by atoms with Gasteiger partial charge in [0.05, 0.1) is 5.41 Å². The summed E-state index contributed by atoms with van der Waals surface area (Å²) in [6.45, 7) is 6.69. The predicted octanol–water partition coefficient (Wildman–Crippen LogP) is 3.37. The van der Waals surface area contributed by atoms with Gasteiger partial charge < -0.3 is 4.90 Å². The van der Waals surface area contributed by atoms with Crippen LogP contribution in [0.5, 0.6) is 0 Å². The largest absolute Gasteiger partial charge is 0.339 e. The van der Waals surface area contributed by atoms with E-state index in [0.717, 1.165) is 45.6 Å². The summed E-state index contributed by atoms with van der Waals surface area (Å²) in [5.41, 5.74) is 3.58. The van der Waals surface area contributed by atoms with Crippen LogP contribution in [0.2, 0.25) is 0 Å². The second kappa shape index (κ2) is 6.64. The maximum absolute atomic E-state index is 13.1. The molecule has 1 aliphatic carbocycles. The van der Waals surface area contributed by atoms with Gasteiger partial charge in [0.15, 0.2) is 0 Å². The topological polar surface area (TPSA) is 23.6 Å². The van der Waals surface area contributed by atoms with E-state index in [4.69, 9.17) is 0 Å². The third kappa shape index (κ3) is 3.34. The number of hydrogen-bond donors (Lipinski definition) is 0. The van der Waals surface area contributed by atoms with Crippen LogP contribution < -0.4 is 0 Å². The van der Waals surface area contributed by atoms with Gasteiger partial charge in [-0.25, -0.2) is 0 Å². The number of nitrogens with zero attached hydrogens (tertiary/aromatic N) is 2. The van der Waals surface area contributed by atoms with Crippen LogP contribution in [0.1, 0.15) is 29.5 Å². The van der Waals surface area contributed by atoms with Crippen molar-refractivity contribution in [1.82, 2.24) is 9.80 Å². The second-order valence-electron chi connectivity index (χ2n) is 7.50. The highest BCUT2D eigenvalue weighted by Crippen LogP contribution is 2.49. The summed E-state index contributed by atoms with van der Waals surface area (Å²) in [4.78, 5) is 17.7. The van der Waals surface area contributed by atoms with Crippen LogP contribution in [0.3, 0.4) is 0 Å². The molecule has 0 bridgehead atoms. The van der Waals surface area contributed by atoms with Crippen LogP contribution in [-0.2, 0) is 16.8 Å². The van der Waals surface area contributed by atoms with Crippen molar-refractivity contribution in [3.63, 3.8) is 0 Å². The van der Waals surface area contributed by atoms with Gasteiger partial charge in [-0.1, -0.05) is 60.2 Å². The molecule has 3 heteroatoms. The Balaban J connectivity index is 1.37. The van der Waals surface area contributed by atoms with E-state index in [-0.39, 0.29) is 5.41 Å². The van der Waals surface area contributed by atoms with Gasteiger partial charge >= 0.3 is 0 Å². The molecule has 2 aliphatic rings. The van der Waals surface area contributed by atoms with Crippen molar-refractivity contribution in [3.05, 3.63) is 71.3 Å². The van der Waals surface area contributed by atoms with Crippen molar-refractivity contribution in [1.29, 1.82) is 0 Å². The van der Waals surface area contributed by atoms with Gasteiger partial charge in [0.25, 0.3) is 0 Å². The van der Waals surface area contributed by atoms with E-state index in [9.17, 15) is 4.79 Å². The Bertz CT molecular complexity index is 726. The monoisotopic (exact) mass is 334 g/mol. The molecule has 2 aromatic rings. The molecule has 4 rings (SSSR count). The van der Waals surface area contributed by atoms with E-state index in [2.05, 4.69) is 71.3 Å². The highest BCUT2D eigenvalue weighted by atomic mass is 16.2. The average Bonchev–Trinajstić information content (AvgIpc) is 3.45. The summed E-state index contributed by atoms with van der Waals surface area (Å²) in [5.74, 6) is 0.343. The van der Waals surface area contributed by atoms with Crippen molar-refractivity contribution in [2.24, 2.45) is 0 Å². The number of benzene rings is 2. The first-order chi connectivity index (χ1) is 12.2. The fraction of sp³-hybridized carbons (Fsp3) is 0.409. The summed E-state index contributed by atoms with van der Waals surface area (Å²) in [5, 5.41) is 0. The third-order valence-corrected chi connectivity index (χ3v) is 5.67. The maximum Gasteiger partial charge on any atom is 0.233 e. The highest BCUT2D eigenvalue weighted by Gasteiger charge is 2.53. The molecule has 25 heavy (non-hydrogen) atoms. The normalized spacial score (nSPS) is 19.6. The van der Waals surface area contributed by atoms with E-state index >= 15 is 0 Å². The van der Waals surface area contributed by atoms with Gasteiger partial charge in [0.1, 0.15) is 0 Å². The number of hydrogen-bond acceptors (Lipinski definition) is 2. The number of piperazine rings is 1. The SMILES string of the molecule is Cc1ccc(C2(C(=O)N3CCN(Cc4ccccc4)CC3)CC2)cc1. The van der Waals surface area contributed by atoms with E-state index in [1.807, 2.05) is 0 Å². The molecule has 0 atom stereocenters. The van der Waals surface area contributed by atoms with Crippen LogP contribution >= 0.6 is 0 Å². The smallest absolute Gasteiger partial charge is 0.233 e. The molecule has 0 unspecified atom stereocenters. The van der Waals surface area contributed by atoms with Gasteiger partial charge in [0.2, 0.25) is 5.91 Å². The zero-order valence-corrected chi connectivity index (χ0v) is 14.9. The lowest BCUT2D eigenvalue weighted by molar-refractivity contribution is -0.135. The van der Waals surface area contributed by atoms with Crippen LogP contribution in [0, 0.1) is 6.92 Å². The van der Waals surface area contributed by atoms with E-state index in [1.165, 1.54) is 16.7 Å². The number of carbonyl (C=O) groups is 1. The van der Waals surface area contributed by atoms with Crippen molar-refractivity contribution >= 4 is 5.91 Å². The second-order valence-corrected chi connectivity index (χ2v) is 7.50. The molecule has 130 valence electrons. The lowest BCUT2D eigenvalue weighted by atomic mass is 9.93. The molecule has 1 amide bonds. The molecule has 1 aliphatic heterocycles. The Morgan fingerprint density at radius 2 is 1.56 bits per heavy atom. The van der Waals surface area contributed by atoms with Crippen LogP contribution in [-0.4, -0.2) is 41.9 Å². The number of rotatable bonds is 4.